The summed E-state index contributed by atoms with van der Waals surface area (Å²) in [5, 5.41) is 0.788. The van der Waals surface area contributed by atoms with Gasteiger partial charge in [0.05, 0.1) is 5.41 Å². The Bertz CT molecular complexity index is 1250. The van der Waals surface area contributed by atoms with Crippen LogP contribution in [0.3, 0.4) is 0 Å². The highest BCUT2D eigenvalue weighted by molar-refractivity contribution is 6.30. The number of benzene rings is 4. The van der Waals surface area contributed by atoms with Gasteiger partial charge in [-0.25, -0.2) is 0 Å². The molecular weight excluding hydrogens is 372 g/mol. The molecule has 0 unspecified atom stereocenters. The van der Waals surface area contributed by atoms with E-state index in [1.165, 1.54) is 44.5 Å². The summed E-state index contributed by atoms with van der Waals surface area (Å²) in [6.07, 6.45) is 0. The minimum Gasteiger partial charge on any atom is -0.0843 e. The van der Waals surface area contributed by atoms with Gasteiger partial charge in [0.2, 0.25) is 0 Å². The van der Waals surface area contributed by atoms with Gasteiger partial charge in [-0.3, -0.25) is 0 Å². The molecule has 0 saturated carbocycles. The van der Waals surface area contributed by atoms with E-state index in [9.17, 15) is 0 Å². The Labute approximate surface area is 176 Å². The third-order valence-corrected chi connectivity index (χ3v) is 7.25. The van der Waals surface area contributed by atoms with Crippen molar-refractivity contribution in [2.45, 2.75) is 24.7 Å². The fourth-order valence-corrected chi connectivity index (χ4v) is 6.00. The molecule has 0 N–H and O–H groups in total. The fourth-order valence-electron chi connectivity index (χ4n) is 5.83. The normalized spacial score (nSPS) is 16.7. The van der Waals surface area contributed by atoms with E-state index in [0.29, 0.717) is 0 Å². The molecule has 0 saturated heterocycles. The lowest BCUT2D eigenvalue weighted by atomic mass is 9.55. The van der Waals surface area contributed by atoms with Crippen molar-refractivity contribution >= 4 is 11.6 Å². The summed E-state index contributed by atoms with van der Waals surface area (Å²) in [5.74, 6) is 0. The summed E-state index contributed by atoms with van der Waals surface area (Å²) in [6.45, 7) is 4.69. The molecule has 0 heterocycles. The van der Waals surface area contributed by atoms with Crippen LogP contribution in [0, 0.1) is 0 Å². The molecule has 0 atom stereocenters. The standard InChI is InChI=1S/C28H21Cl/c1-27(2)22-11-5-7-13-24(22)28(25-14-8-6-12-23(25)27)21-10-4-3-9-19(21)20-16-15-18(29)17-26(20)28/h3-17H,1-2H3. The van der Waals surface area contributed by atoms with Gasteiger partial charge < -0.3 is 0 Å². The maximum absolute atomic E-state index is 6.58. The van der Waals surface area contributed by atoms with Crippen molar-refractivity contribution in [3.63, 3.8) is 0 Å². The summed E-state index contributed by atoms with van der Waals surface area (Å²) in [7, 11) is 0. The van der Waals surface area contributed by atoms with Gasteiger partial charge in [-0.05, 0) is 56.6 Å². The van der Waals surface area contributed by atoms with E-state index in [0.717, 1.165) is 5.02 Å². The van der Waals surface area contributed by atoms with Crippen LogP contribution in [0.15, 0.2) is 91.0 Å². The fraction of sp³-hybridized carbons (Fsp3) is 0.143. The molecule has 0 aliphatic heterocycles. The minimum absolute atomic E-state index is 0.0608. The molecule has 0 fully saturated rings. The van der Waals surface area contributed by atoms with Crippen LogP contribution in [0.2, 0.25) is 5.02 Å². The zero-order valence-corrected chi connectivity index (χ0v) is 17.3. The zero-order valence-electron chi connectivity index (χ0n) is 16.5. The highest BCUT2D eigenvalue weighted by Crippen LogP contribution is 2.62. The van der Waals surface area contributed by atoms with Crippen LogP contribution in [0.1, 0.15) is 47.2 Å². The lowest BCUT2D eigenvalue weighted by Crippen LogP contribution is -2.40. The molecule has 0 bridgehead atoms. The van der Waals surface area contributed by atoms with Crippen molar-refractivity contribution < 1.29 is 0 Å². The summed E-state index contributed by atoms with van der Waals surface area (Å²) in [6, 6.07) is 33.2. The molecule has 1 spiro atoms. The Morgan fingerprint density at radius 3 is 1.62 bits per heavy atom. The van der Waals surface area contributed by atoms with Crippen molar-refractivity contribution in [2.75, 3.05) is 0 Å². The zero-order chi connectivity index (χ0) is 19.8. The first-order chi connectivity index (χ1) is 14.1. The quantitative estimate of drug-likeness (QED) is 0.258. The van der Waals surface area contributed by atoms with Crippen molar-refractivity contribution in [3.05, 3.63) is 129 Å². The molecule has 0 amide bonds. The summed E-state index contributed by atoms with van der Waals surface area (Å²) in [5.41, 5.74) is 10.4. The van der Waals surface area contributed by atoms with Gasteiger partial charge in [0, 0.05) is 10.4 Å². The third-order valence-electron chi connectivity index (χ3n) is 7.02. The molecule has 0 aromatic heterocycles. The Balaban J connectivity index is 1.89. The third kappa shape index (κ3) is 1.95. The molecule has 4 aromatic carbocycles. The van der Waals surface area contributed by atoms with E-state index in [1.54, 1.807) is 0 Å². The smallest absolute Gasteiger partial charge is 0.0720 e. The Morgan fingerprint density at radius 2 is 1.00 bits per heavy atom. The van der Waals surface area contributed by atoms with E-state index >= 15 is 0 Å². The van der Waals surface area contributed by atoms with Crippen LogP contribution in [0.25, 0.3) is 11.1 Å². The number of halogens is 1. The molecule has 0 nitrogen and oxygen atoms in total. The maximum Gasteiger partial charge on any atom is 0.0720 e. The van der Waals surface area contributed by atoms with E-state index in [2.05, 4.69) is 98.8 Å². The van der Waals surface area contributed by atoms with Gasteiger partial charge in [0.25, 0.3) is 0 Å². The summed E-state index contributed by atoms with van der Waals surface area (Å²) < 4.78 is 0. The van der Waals surface area contributed by atoms with E-state index in [1.807, 2.05) is 6.07 Å². The number of fused-ring (bicyclic) bond motifs is 9. The second-order valence-electron chi connectivity index (χ2n) is 8.70. The topological polar surface area (TPSA) is 0 Å². The molecular formula is C28H21Cl. The number of rotatable bonds is 0. The predicted molar refractivity (Wildman–Crippen MR) is 121 cm³/mol. The average molecular weight is 393 g/mol. The number of hydrogen-bond acceptors (Lipinski definition) is 0. The van der Waals surface area contributed by atoms with Crippen LogP contribution < -0.4 is 0 Å². The molecule has 2 aliphatic rings. The lowest BCUT2D eigenvalue weighted by molar-refractivity contribution is 0.563. The first-order valence-corrected chi connectivity index (χ1v) is 10.5. The first-order valence-electron chi connectivity index (χ1n) is 10.2. The van der Waals surface area contributed by atoms with Gasteiger partial charge in [0.15, 0.2) is 0 Å². The van der Waals surface area contributed by atoms with Gasteiger partial charge in [0.1, 0.15) is 0 Å². The highest BCUT2D eigenvalue weighted by atomic mass is 35.5. The van der Waals surface area contributed by atoms with Gasteiger partial charge in [-0.15, -0.1) is 0 Å². The largest absolute Gasteiger partial charge is 0.0843 e. The Morgan fingerprint density at radius 1 is 0.517 bits per heavy atom. The summed E-state index contributed by atoms with van der Waals surface area (Å²) in [4.78, 5) is 0. The monoisotopic (exact) mass is 392 g/mol. The van der Waals surface area contributed by atoms with Gasteiger partial charge >= 0.3 is 0 Å². The van der Waals surface area contributed by atoms with Crippen molar-refractivity contribution in [3.8, 4) is 11.1 Å². The average Bonchev–Trinajstić information content (AvgIpc) is 3.03. The van der Waals surface area contributed by atoms with Crippen LogP contribution in [0.4, 0.5) is 0 Å². The molecule has 0 radical (unpaired) electrons. The molecule has 1 heteroatoms. The predicted octanol–water partition coefficient (Wildman–Crippen LogP) is 7.34. The lowest BCUT2D eigenvalue weighted by Gasteiger charge is -2.46. The van der Waals surface area contributed by atoms with Crippen LogP contribution >= 0.6 is 11.6 Å². The van der Waals surface area contributed by atoms with Gasteiger partial charge in [-0.2, -0.15) is 0 Å². The SMILES string of the molecule is CC1(C)c2ccccc2C2(c3ccccc3-c3ccc(Cl)cc32)c2ccccc21. The van der Waals surface area contributed by atoms with E-state index < -0.39 is 0 Å². The summed E-state index contributed by atoms with van der Waals surface area (Å²) >= 11 is 6.58. The Kier molecular flexibility index (Phi) is 3.30. The van der Waals surface area contributed by atoms with E-state index in [-0.39, 0.29) is 10.8 Å². The molecule has 4 aromatic rings. The van der Waals surface area contributed by atoms with Crippen molar-refractivity contribution in [2.24, 2.45) is 0 Å². The minimum atomic E-state index is -0.334. The van der Waals surface area contributed by atoms with Gasteiger partial charge in [-0.1, -0.05) is 104 Å². The van der Waals surface area contributed by atoms with Crippen LogP contribution in [0.5, 0.6) is 0 Å². The second kappa shape index (κ2) is 5.62. The molecule has 140 valence electrons. The van der Waals surface area contributed by atoms with Crippen LogP contribution in [-0.2, 0) is 10.8 Å². The second-order valence-corrected chi connectivity index (χ2v) is 9.14. The highest BCUT2D eigenvalue weighted by Gasteiger charge is 2.53. The molecule has 29 heavy (non-hydrogen) atoms. The van der Waals surface area contributed by atoms with Crippen molar-refractivity contribution in [1.82, 2.24) is 0 Å². The number of hydrogen-bond donors (Lipinski definition) is 0. The van der Waals surface area contributed by atoms with Crippen LogP contribution in [-0.4, -0.2) is 0 Å². The maximum atomic E-state index is 6.58. The first kappa shape index (κ1) is 17.1. The molecule has 6 rings (SSSR count). The van der Waals surface area contributed by atoms with E-state index in [4.69, 9.17) is 11.6 Å². The molecule has 2 aliphatic carbocycles. The Hall–Kier alpha value is -2.83. The van der Waals surface area contributed by atoms with Crippen molar-refractivity contribution in [1.29, 1.82) is 0 Å².